The van der Waals surface area contributed by atoms with Gasteiger partial charge < -0.3 is 14.4 Å². The molecule has 102 valence electrons. The van der Waals surface area contributed by atoms with Gasteiger partial charge in [0.25, 0.3) is 4.87 Å². The predicted octanol–water partition coefficient (Wildman–Crippen LogP) is -0.393. The summed E-state index contributed by atoms with van der Waals surface area (Å²) >= 11 is 0. The summed E-state index contributed by atoms with van der Waals surface area (Å²) in [5, 5.41) is 11.2. The third kappa shape index (κ3) is 3.17. The lowest BCUT2D eigenvalue weighted by molar-refractivity contribution is -0.901. The van der Waals surface area contributed by atoms with Gasteiger partial charge in [0.2, 0.25) is 0 Å². The van der Waals surface area contributed by atoms with Crippen molar-refractivity contribution < 1.29 is 27.4 Å². The van der Waals surface area contributed by atoms with Crippen molar-refractivity contribution in [2.75, 3.05) is 21.1 Å². The van der Waals surface area contributed by atoms with Crippen molar-refractivity contribution >= 4 is 16.1 Å². The molecule has 0 spiro atoms. The predicted molar refractivity (Wildman–Crippen MR) is 61.5 cm³/mol. The van der Waals surface area contributed by atoms with E-state index in [9.17, 15) is 22.9 Å². The minimum Gasteiger partial charge on any atom is -0.543 e. The highest BCUT2D eigenvalue weighted by Gasteiger charge is 2.55. The molecule has 0 radical (unpaired) electrons. The first-order valence-electron chi connectivity index (χ1n) is 5.50. The number of rotatable bonds is 7. The summed E-state index contributed by atoms with van der Waals surface area (Å²) in [4.78, 5) is 8.94. The van der Waals surface area contributed by atoms with E-state index >= 15 is 0 Å². The Hall–Kier alpha value is -0.660. The molecular weight excluding hydrogens is 246 g/mol. The molecule has 0 saturated heterocycles. The topological polar surface area (TPSA) is 94.5 Å². The lowest BCUT2D eigenvalue weighted by Gasteiger charge is -2.43. The Bertz CT molecular complexity index is 371. The smallest absolute Gasteiger partial charge is 0.328 e. The number of carboxylic acids is 1. The van der Waals surface area contributed by atoms with E-state index in [1.54, 1.807) is 0 Å². The fraction of sp³-hybridized carbons (Fsp3) is 0.900. The number of carbonyl (C=O) groups is 1. The highest BCUT2D eigenvalue weighted by atomic mass is 32.2. The van der Waals surface area contributed by atoms with Gasteiger partial charge in [0.05, 0.1) is 21.1 Å². The molecule has 0 amide bonds. The van der Waals surface area contributed by atoms with Crippen LogP contribution in [0, 0.1) is 0 Å². The molecule has 1 atom stereocenters. The van der Waals surface area contributed by atoms with Gasteiger partial charge in [0.1, 0.15) is 5.97 Å². The van der Waals surface area contributed by atoms with Crippen molar-refractivity contribution in [2.24, 2.45) is 0 Å². The van der Waals surface area contributed by atoms with E-state index in [0.29, 0.717) is 12.8 Å². The largest absolute Gasteiger partial charge is 0.543 e. The summed E-state index contributed by atoms with van der Waals surface area (Å²) < 4.78 is 31.7. The fourth-order valence-electron chi connectivity index (χ4n) is 1.91. The standard InChI is InChI=1S/C10H21NO5S/c1-5-6-7-8-10(9(12)13,11(2,3)4)17(14,15)16/h5-8H2,1-4H3,(H-,12,13,14,15,16). The van der Waals surface area contributed by atoms with Crippen LogP contribution in [0.1, 0.15) is 32.6 Å². The van der Waals surface area contributed by atoms with E-state index in [0.717, 1.165) is 6.42 Å². The van der Waals surface area contributed by atoms with Gasteiger partial charge in [0, 0.05) is 6.42 Å². The molecule has 0 fully saturated rings. The van der Waals surface area contributed by atoms with Crippen LogP contribution in [0.25, 0.3) is 0 Å². The van der Waals surface area contributed by atoms with Crippen LogP contribution < -0.4 is 5.11 Å². The van der Waals surface area contributed by atoms with Gasteiger partial charge in [-0.3, -0.25) is 4.55 Å². The molecule has 0 saturated carbocycles. The summed E-state index contributed by atoms with van der Waals surface area (Å²) in [6.45, 7) is 1.92. The molecular formula is C10H21NO5S. The van der Waals surface area contributed by atoms with Crippen molar-refractivity contribution in [3.63, 3.8) is 0 Å². The van der Waals surface area contributed by atoms with E-state index in [2.05, 4.69) is 0 Å². The van der Waals surface area contributed by atoms with Crippen molar-refractivity contribution in [1.29, 1.82) is 0 Å². The molecule has 1 N–H and O–H groups in total. The quantitative estimate of drug-likeness (QED) is 0.385. The molecule has 0 aromatic heterocycles. The second-order valence-electron chi connectivity index (χ2n) is 5.02. The summed E-state index contributed by atoms with van der Waals surface area (Å²) in [7, 11) is -0.517. The average molecular weight is 267 g/mol. The normalized spacial score (nSPS) is 16.5. The van der Waals surface area contributed by atoms with Crippen molar-refractivity contribution in [3.05, 3.63) is 0 Å². The number of unbranched alkanes of at least 4 members (excludes halogenated alkanes) is 2. The van der Waals surface area contributed by atoms with Crippen LogP contribution in [-0.4, -0.2) is 49.4 Å². The molecule has 1 unspecified atom stereocenters. The van der Waals surface area contributed by atoms with E-state index in [4.69, 9.17) is 0 Å². The monoisotopic (exact) mass is 267 g/mol. The Morgan fingerprint density at radius 1 is 1.29 bits per heavy atom. The maximum absolute atomic E-state index is 11.5. The minimum atomic E-state index is -4.75. The Balaban J connectivity index is 5.54. The van der Waals surface area contributed by atoms with E-state index < -0.39 is 25.4 Å². The Morgan fingerprint density at radius 3 is 2.00 bits per heavy atom. The first kappa shape index (κ1) is 16.3. The van der Waals surface area contributed by atoms with Crippen LogP contribution >= 0.6 is 0 Å². The Morgan fingerprint density at radius 2 is 1.76 bits per heavy atom. The Labute approximate surface area is 103 Å². The van der Waals surface area contributed by atoms with Gasteiger partial charge in [-0.2, -0.15) is 8.42 Å². The number of carboxylic acid groups (broad SMARTS) is 1. The van der Waals surface area contributed by atoms with Crippen LogP contribution in [-0.2, 0) is 14.9 Å². The zero-order valence-electron chi connectivity index (χ0n) is 10.8. The number of carbonyl (C=O) groups excluding carboxylic acids is 1. The van der Waals surface area contributed by atoms with Gasteiger partial charge in [-0.25, -0.2) is 0 Å². The lowest BCUT2D eigenvalue weighted by atomic mass is 10.1. The van der Waals surface area contributed by atoms with Crippen molar-refractivity contribution in [3.8, 4) is 0 Å². The van der Waals surface area contributed by atoms with E-state index in [-0.39, 0.29) is 6.42 Å². The molecule has 0 aliphatic heterocycles. The van der Waals surface area contributed by atoms with Gasteiger partial charge in [0.15, 0.2) is 0 Å². The molecule has 0 aliphatic rings. The molecule has 0 aromatic carbocycles. The number of nitrogens with zero attached hydrogens (tertiary/aromatic N) is 1. The zero-order valence-corrected chi connectivity index (χ0v) is 11.6. The second-order valence-corrected chi connectivity index (χ2v) is 6.64. The fourth-order valence-corrected chi connectivity index (χ4v) is 3.21. The maximum Gasteiger partial charge on any atom is 0.328 e. The van der Waals surface area contributed by atoms with Crippen molar-refractivity contribution in [2.45, 2.75) is 37.5 Å². The number of hydrogen-bond acceptors (Lipinski definition) is 4. The minimum absolute atomic E-state index is 0.161. The highest BCUT2D eigenvalue weighted by Crippen LogP contribution is 2.30. The van der Waals surface area contributed by atoms with E-state index in [1.807, 2.05) is 6.92 Å². The second kappa shape index (κ2) is 5.32. The molecule has 0 rings (SSSR count). The third-order valence-corrected chi connectivity index (χ3v) is 4.72. The summed E-state index contributed by atoms with van der Waals surface area (Å²) in [6, 6.07) is 0. The van der Waals surface area contributed by atoms with Crippen LogP contribution in [0.3, 0.4) is 0 Å². The number of likely N-dealkylation sites (N-methyl/N-ethyl adjacent to an activating group) is 1. The third-order valence-electron chi connectivity index (χ3n) is 2.95. The SMILES string of the molecule is CCCCCC(C(=O)[O-])([N+](C)(C)C)S(=O)(=O)O. The van der Waals surface area contributed by atoms with Gasteiger partial charge >= 0.3 is 10.1 Å². The first-order chi connectivity index (χ1) is 7.50. The molecule has 0 heterocycles. The summed E-state index contributed by atoms with van der Waals surface area (Å²) in [5.41, 5.74) is 0. The van der Waals surface area contributed by atoms with Crippen molar-refractivity contribution in [1.82, 2.24) is 0 Å². The maximum atomic E-state index is 11.5. The average Bonchev–Trinajstić information content (AvgIpc) is 2.07. The first-order valence-corrected chi connectivity index (χ1v) is 6.94. The zero-order chi connectivity index (χ0) is 13.9. The summed E-state index contributed by atoms with van der Waals surface area (Å²) in [6.07, 6.45) is 1.77. The number of quaternary nitrogens is 1. The lowest BCUT2D eigenvalue weighted by Crippen LogP contribution is -2.69. The van der Waals surface area contributed by atoms with Crippen LogP contribution in [0.2, 0.25) is 0 Å². The molecule has 0 aliphatic carbocycles. The van der Waals surface area contributed by atoms with Gasteiger partial charge in [-0.1, -0.05) is 19.8 Å². The molecule has 0 bridgehead atoms. The molecule has 6 nitrogen and oxygen atoms in total. The molecule has 7 heteroatoms. The highest BCUT2D eigenvalue weighted by molar-refractivity contribution is 7.87. The van der Waals surface area contributed by atoms with E-state index in [1.165, 1.54) is 21.1 Å². The van der Waals surface area contributed by atoms with Gasteiger partial charge in [-0.05, 0) is 6.42 Å². The van der Waals surface area contributed by atoms with Crippen LogP contribution in [0.15, 0.2) is 0 Å². The Kier molecular flexibility index (Phi) is 5.12. The van der Waals surface area contributed by atoms with Crippen LogP contribution in [0.4, 0.5) is 0 Å². The summed E-state index contributed by atoms with van der Waals surface area (Å²) in [5.74, 6) is -1.76. The molecule has 0 aromatic rings. The number of aliphatic carboxylic acids is 1. The van der Waals surface area contributed by atoms with Gasteiger partial charge in [-0.15, -0.1) is 0 Å². The van der Waals surface area contributed by atoms with Crippen LogP contribution in [0.5, 0.6) is 0 Å². The number of hydrogen-bond donors (Lipinski definition) is 1. The molecule has 17 heavy (non-hydrogen) atoms.